The highest BCUT2D eigenvalue weighted by Crippen LogP contribution is 2.32. The molecule has 22 heavy (non-hydrogen) atoms. The number of carbonyl (C=O) groups is 1. The number of furan rings is 1. The Balaban J connectivity index is 1.92. The van der Waals surface area contributed by atoms with Crippen LogP contribution in [0.5, 0.6) is 0 Å². The molecule has 2 N–H and O–H groups in total. The van der Waals surface area contributed by atoms with Gasteiger partial charge in [-0.1, -0.05) is 6.07 Å². The molecule has 0 saturated heterocycles. The largest absolute Gasteiger partial charge is 0.467 e. The fraction of sp³-hybridized carbons (Fsp3) is 0.188. The third-order valence-corrected chi connectivity index (χ3v) is 4.74. The topological polar surface area (TPSA) is 62.5 Å². The van der Waals surface area contributed by atoms with Gasteiger partial charge in [-0.05, 0) is 36.8 Å². The van der Waals surface area contributed by atoms with Crippen LogP contribution in [0.4, 0.5) is 4.39 Å². The fourth-order valence-corrected chi connectivity index (χ4v) is 3.52. The first-order chi connectivity index (χ1) is 10.6. The second kappa shape index (κ2) is 5.90. The van der Waals surface area contributed by atoms with Crippen LogP contribution in [-0.4, -0.2) is 17.6 Å². The average Bonchev–Trinajstić information content (AvgIpc) is 3.13. The maximum atomic E-state index is 13.9. The summed E-state index contributed by atoms with van der Waals surface area (Å²) < 4.78 is 19.8. The summed E-state index contributed by atoms with van der Waals surface area (Å²) in [5.41, 5.74) is 0.603. The lowest BCUT2D eigenvalue weighted by atomic mass is 10.1. The maximum Gasteiger partial charge on any atom is 0.262 e. The van der Waals surface area contributed by atoms with Crippen molar-refractivity contribution in [2.45, 2.75) is 13.0 Å². The minimum atomic E-state index is -0.628. The van der Waals surface area contributed by atoms with Crippen LogP contribution in [0.2, 0.25) is 0 Å². The van der Waals surface area contributed by atoms with Gasteiger partial charge >= 0.3 is 0 Å². The van der Waals surface area contributed by atoms with Crippen LogP contribution in [0.3, 0.4) is 0 Å². The molecule has 6 heteroatoms. The van der Waals surface area contributed by atoms with E-state index in [1.807, 2.05) is 0 Å². The Hall–Kier alpha value is -2.18. The smallest absolute Gasteiger partial charge is 0.262 e. The number of fused-ring (bicyclic) bond motifs is 1. The van der Waals surface area contributed by atoms with Gasteiger partial charge in [-0.2, -0.15) is 0 Å². The van der Waals surface area contributed by atoms with Crippen LogP contribution in [0.1, 0.15) is 27.0 Å². The molecule has 0 radical (unpaired) electrons. The predicted octanol–water partition coefficient (Wildman–Crippen LogP) is 3.41. The summed E-state index contributed by atoms with van der Waals surface area (Å²) in [7, 11) is 0. The lowest BCUT2D eigenvalue weighted by Gasteiger charge is -2.13. The summed E-state index contributed by atoms with van der Waals surface area (Å²) >= 11 is 1.23. The van der Waals surface area contributed by atoms with Gasteiger partial charge in [-0.25, -0.2) is 4.39 Å². The third-order valence-electron chi connectivity index (χ3n) is 3.48. The fourth-order valence-electron chi connectivity index (χ4n) is 2.39. The number of carbonyl (C=O) groups excluding carboxylic acids is 1. The van der Waals surface area contributed by atoms with Crippen LogP contribution in [0, 0.1) is 12.7 Å². The highest BCUT2D eigenvalue weighted by molar-refractivity contribution is 7.21. The number of rotatable bonds is 4. The molecule has 2 aromatic heterocycles. The van der Waals surface area contributed by atoms with Gasteiger partial charge in [0.25, 0.3) is 5.91 Å². The Labute approximate surface area is 130 Å². The van der Waals surface area contributed by atoms with E-state index in [1.54, 1.807) is 31.2 Å². The number of hydrogen-bond donors (Lipinski definition) is 2. The molecule has 0 spiro atoms. The summed E-state index contributed by atoms with van der Waals surface area (Å²) in [6, 6.07) is 7.51. The Morgan fingerprint density at radius 1 is 1.41 bits per heavy atom. The highest BCUT2D eigenvalue weighted by atomic mass is 32.1. The molecule has 0 aliphatic heterocycles. The number of halogens is 1. The minimum Gasteiger partial charge on any atom is -0.467 e. The Morgan fingerprint density at radius 3 is 2.86 bits per heavy atom. The number of benzene rings is 1. The first-order valence-electron chi connectivity index (χ1n) is 6.74. The van der Waals surface area contributed by atoms with E-state index in [-0.39, 0.29) is 18.3 Å². The van der Waals surface area contributed by atoms with Crippen LogP contribution in [0.25, 0.3) is 10.1 Å². The van der Waals surface area contributed by atoms with Crippen molar-refractivity contribution in [2.75, 3.05) is 6.61 Å². The summed E-state index contributed by atoms with van der Waals surface area (Å²) in [6.07, 6.45) is 1.48. The molecule has 0 aliphatic rings. The van der Waals surface area contributed by atoms with Crippen molar-refractivity contribution < 1.29 is 18.7 Å². The van der Waals surface area contributed by atoms with Crippen LogP contribution in [0.15, 0.2) is 41.0 Å². The van der Waals surface area contributed by atoms with Gasteiger partial charge in [0, 0.05) is 10.1 Å². The zero-order chi connectivity index (χ0) is 15.7. The number of amides is 1. The van der Waals surface area contributed by atoms with Gasteiger partial charge in [0.1, 0.15) is 17.6 Å². The molecule has 3 rings (SSSR count). The van der Waals surface area contributed by atoms with Crippen molar-refractivity contribution in [3.05, 3.63) is 58.6 Å². The van der Waals surface area contributed by atoms with E-state index in [9.17, 15) is 14.3 Å². The van der Waals surface area contributed by atoms with Crippen molar-refractivity contribution in [1.29, 1.82) is 0 Å². The SMILES string of the molecule is Cc1c(C(=O)NC(CO)c2ccco2)sc2cccc(F)c12. The molecular formula is C16H14FNO3S. The Kier molecular flexibility index (Phi) is 3.96. The quantitative estimate of drug-likeness (QED) is 0.774. The van der Waals surface area contributed by atoms with E-state index in [2.05, 4.69) is 5.32 Å². The van der Waals surface area contributed by atoms with Crippen LogP contribution < -0.4 is 5.32 Å². The average molecular weight is 319 g/mol. The van der Waals surface area contributed by atoms with E-state index >= 15 is 0 Å². The van der Waals surface area contributed by atoms with E-state index in [4.69, 9.17) is 4.42 Å². The first kappa shape index (κ1) is 14.7. The Morgan fingerprint density at radius 2 is 2.23 bits per heavy atom. The summed E-state index contributed by atoms with van der Waals surface area (Å²) in [6.45, 7) is 1.44. The number of aliphatic hydroxyl groups is 1. The molecule has 0 saturated carbocycles. The van der Waals surface area contributed by atoms with E-state index < -0.39 is 6.04 Å². The van der Waals surface area contributed by atoms with Gasteiger partial charge in [0.2, 0.25) is 0 Å². The van der Waals surface area contributed by atoms with Gasteiger partial charge < -0.3 is 14.8 Å². The maximum absolute atomic E-state index is 13.9. The molecule has 1 atom stereocenters. The molecular weight excluding hydrogens is 305 g/mol. The molecule has 1 aromatic carbocycles. The lowest BCUT2D eigenvalue weighted by Crippen LogP contribution is -2.30. The normalized spacial score (nSPS) is 12.5. The molecule has 4 nitrogen and oxygen atoms in total. The Bertz CT molecular complexity index is 810. The molecule has 0 fully saturated rings. The molecule has 0 bridgehead atoms. The summed E-state index contributed by atoms with van der Waals surface area (Å²) in [5.74, 6) is -0.218. The molecule has 1 unspecified atom stereocenters. The summed E-state index contributed by atoms with van der Waals surface area (Å²) in [5, 5.41) is 12.6. The lowest BCUT2D eigenvalue weighted by molar-refractivity contribution is 0.0911. The predicted molar refractivity (Wildman–Crippen MR) is 82.5 cm³/mol. The van der Waals surface area contributed by atoms with Crippen molar-refractivity contribution in [3.8, 4) is 0 Å². The first-order valence-corrected chi connectivity index (χ1v) is 7.56. The standard InChI is InChI=1S/C16H14FNO3S/c1-9-14-10(17)4-2-6-13(14)22-15(9)16(20)18-11(8-19)12-5-3-7-21-12/h2-7,11,19H,8H2,1H3,(H,18,20). The molecule has 2 heterocycles. The van der Waals surface area contributed by atoms with Crippen molar-refractivity contribution >= 4 is 27.3 Å². The number of thiophene rings is 1. The van der Waals surface area contributed by atoms with Crippen molar-refractivity contribution in [3.63, 3.8) is 0 Å². The number of aliphatic hydroxyl groups excluding tert-OH is 1. The minimum absolute atomic E-state index is 0.280. The van der Waals surface area contributed by atoms with E-state index in [0.717, 1.165) is 4.70 Å². The van der Waals surface area contributed by atoms with Gasteiger partial charge in [0.05, 0.1) is 17.7 Å². The molecule has 0 aliphatic carbocycles. The molecule has 1 amide bonds. The number of aryl methyl sites for hydroxylation is 1. The highest BCUT2D eigenvalue weighted by Gasteiger charge is 2.22. The molecule has 3 aromatic rings. The number of hydrogen-bond acceptors (Lipinski definition) is 4. The number of nitrogens with one attached hydrogen (secondary N) is 1. The zero-order valence-electron chi connectivity index (χ0n) is 11.8. The van der Waals surface area contributed by atoms with Gasteiger partial charge in [-0.3, -0.25) is 4.79 Å². The van der Waals surface area contributed by atoms with Crippen LogP contribution in [-0.2, 0) is 0 Å². The second-order valence-corrected chi connectivity index (χ2v) is 5.95. The monoisotopic (exact) mass is 319 g/mol. The van der Waals surface area contributed by atoms with E-state index in [1.165, 1.54) is 23.7 Å². The van der Waals surface area contributed by atoms with Crippen molar-refractivity contribution in [1.82, 2.24) is 5.32 Å². The third kappa shape index (κ3) is 2.51. The van der Waals surface area contributed by atoms with Crippen LogP contribution >= 0.6 is 11.3 Å². The van der Waals surface area contributed by atoms with Crippen molar-refractivity contribution in [2.24, 2.45) is 0 Å². The molecule has 114 valence electrons. The summed E-state index contributed by atoms with van der Waals surface area (Å²) in [4.78, 5) is 12.9. The zero-order valence-corrected chi connectivity index (χ0v) is 12.6. The van der Waals surface area contributed by atoms with E-state index in [0.29, 0.717) is 21.6 Å². The second-order valence-electron chi connectivity index (χ2n) is 4.89. The van der Waals surface area contributed by atoms with Gasteiger partial charge in [-0.15, -0.1) is 11.3 Å². The van der Waals surface area contributed by atoms with Gasteiger partial charge in [0.15, 0.2) is 0 Å².